The molecule has 2 aromatic carbocycles. The molecular weight excluding hydrogens is 322 g/mol. The molecule has 4 nitrogen and oxygen atoms in total. The predicted octanol–water partition coefficient (Wildman–Crippen LogP) is 3.78. The summed E-state index contributed by atoms with van der Waals surface area (Å²) in [7, 11) is 0. The molecule has 0 bridgehead atoms. The van der Waals surface area contributed by atoms with E-state index in [9.17, 15) is 4.79 Å². The number of hydrogen-bond donors (Lipinski definition) is 1. The van der Waals surface area contributed by atoms with E-state index in [4.69, 9.17) is 0 Å². The van der Waals surface area contributed by atoms with Gasteiger partial charge in [0.1, 0.15) is 0 Å². The quantitative estimate of drug-likeness (QED) is 0.661. The summed E-state index contributed by atoms with van der Waals surface area (Å²) in [5.41, 5.74) is 5.26. The molecular formula is C22H25N3O. The Kier molecular flexibility index (Phi) is 5.84. The van der Waals surface area contributed by atoms with Gasteiger partial charge in [-0.2, -0.15) is 5.10 Å². The van der Waals surface area contributed by atoms with Gasteiger partial charge in [0.05, 0.1) is 17.8 Å². The number of amides is 1. The van der Waals surface area contributed by atoms with Crippen molar-refractivity contribution in [1.29, 1.82) is 0 Å². The average Bonchev–Trinajstić information content (AvgIpc) is 2.95. The van der Waals surface area contributed by atoms with Crippen LogP contribution in [0.25, 0.3) is 5.69 Å². The summed E-state index contributed by atoms with van der Waals surface area (Å²) in [4.78, 5) is 12.3. The molecule has 3 aromatic rings. The highest BCUT2D eigenvalue weighted by atomic mass is 16.1. The monoisotopic (exact) mass is 347 g/mol. The van der Waals surface area contributed by atoms with E-state index in [2.05, 4.69) is 22.5 Å². The third-order valence-corrected chi connectivity index (χ3v) is 4.59. The summed E-state index contributed by atoms with van der Waals surface area (Å²) in [6.07, 6.45) is 2.29. The fraction of sp³-hybridized carbons (Fsp3) is 0.273. The zero-order valence-corrected chi connectivity index (χ0v) is 15.4. The Morgan fingerprint density at radius 3 is 2.35 bits per heavy atom. The van der Waals surface area contributed by atoms with Crippen LogP contribution in [0, 0.1) is 13.8 Å². The first-order valence-corrected chi connectivity index (χ1v) is 9.06. The van der Waals surface area contributed by atoms with Crippen LogP contribution in [0.5, 0.6) is 0 Å². The first-order valence-electron chi connectivity index (χ1n) is 9.06. The number of aryl methyl sites for hydroxylation is 2. The summed E-state index contributed by atoms with van der Waals surface area (Å²) in [5.74, 6) is 0.0527. The Balaban J connectivity index is 1.55. The molecule has 0 radical (unpaired) electrons. The van der Waals surface area contributed by atoms with E-state index in [0.717, 1.165) is 35.5 Å². The summed E-state index contributed by atoms with van der Waals surface area (Å²) in [6.45, 7) is 4.67. The molecule has 0 aliphatic heterocycles. The molecule has 0 aliphatic carbocycles. The van der Waals surface area contributed by atoms with Crippen molar-refractivity contribution in [2.75, 3.05) is 6.54 Å². The standard InChI is InChI=1S/C22H25N3O/c1-17-21(18(2)25(24-17)20-13-7-4-8-14-20)16-22(26)23-15-9-12-19-10-5-3-6-11-19/h3-8,10-11,13-14H,9,12,15-16H2,1-2H3,(H,23,26). The van der Waals surface area contributed by atoms with Gasteiger partial charge in [-0.25, -0.2) is 4.68 Å². The van der Waals surface area contributed by atoms with E-state index >= 15 is 0 Å². The molecule has 0 aliphatic rings. The second-order valence-corrected chi connectivity index (χ2v) is 6.51. The highest BCUT2D eigenvalue weighted by Gasteiger charge is 2.15. The molecule has 0 saturated carbocycles. The largest absolute Gasteiger partial charge is 0.356 e. The van der Waals surface area contributed by atoms with Crippen LogP contribution < -0.4 is 5.32 Å². The maximum Gasteiger partial charge on any atom is 0.224 e. The lowest BCUT2D eigenvalue weighted by atomic mass is 10.1. The van der Waals surface area contributed by atoms with E-state index in [-0.39, 0.29) is 5.91 Å². The normalized spacial score (nSPS) is 10.7. The lowest BCUT2D eigenvalue weighted by Gasteiger charge is -2.07. The number of nitrogens with zero attached hydrogens (tertiary/aromatic N) is 2. The number of benzene rings is 2. The Morgan fingerprint density at radius 1 is 1.00 bits per heavy atom. The predicted molar refractivity (Wildman–Crippen MR) is 105 cm³/mol. The van der Waals surface area contributed by atoms with E-state index in [1.54, 1.807) is 0 Å². The van der Waals surface area contributed by atoms with Crippen molar-refractivity contribution in [3.63, 3.8) is 0 Å². The van der Waals surface area contributed by atoms with E-state index < -0.39 is 0 Å². The van der Waals surface area contributed by atoms with Crippen molar-refractivity contribution >= 4 is 5.91 Å². The topological polar surface area (TPSA) is 46.9 Å². The van der Waals surface area contributed by atoms with Gasteiger partial charge in [-0.3, -0.25) is 4.79 Å². The van der Waals surface area contributed by atoms with Crippen LogP contribution in [0.1, 0.15) is 28.9 Å². The fourth-order valence-corrected chi connectivity index (χ4v) is 3.14. The number of para-hydroxylation sites is 1. The van der Waals surface area contributed by atoms with Crippen LogP contribution in [0.2, 0.25) is 0 Å². The van der Waals surface area contributed by atoms with Crippen molar-refractivity contribution in [3.8, 4) is 5.69 Å². The second-order valence-electron chi connectivity index (χ2n) is 6.51. The average molecular weight is 347 g/mol. The second kappa shape index (κ2) is 8.48. The molecule has 134 valence electrons. The highest BCUT2D eigenvalue weighted by Crippen LogP contribution is 2.18. The van der Waals surface area contributed by atoms with Crippen molar-refractivity contribution in [2.45, 2.75) is 33.1 Å². The van der Waals surface area contributed by atoms with E-state index in [0.29, 0.717) is 13.0 Å². The zero-order chi connectivity index (χ0) is 18.4. The van der Waals surface area contributed by atoms with Crippen molar-refractivity contribution in [1.82, 2.24) is 15.1 Å². The number of carbonyl (C=O) groups is 1. The lowest BCUT2D eigenvalue weighted by molar-refractivity contribution is -0.120. The molecule has 4 heteroatoms. The summed E-state index contributed by atoms with van der Waals surface area (Å²) in [5, 5.41) is 7.64. The van der Waals surface area contributed by atoms with Gasteiger partial charge in [0.15, 0.2) is 0 Å². The molecule has 0 spiro atoms. The zero-order valence-electron chi connectivity index (χ0n) is 15.4. The van der Waals surface area contributed by atoms with Gasteiger partial charge in [0, 0.05) is 17.8 Å². The molecule has 1 N–H and O–H groups in total. The molecule has 0 unspecified atom stereocenters. The minimum atomic E-state index is 0.0527. The smallest absolute Gasteiger partial charge is 0.224 e. The Morgan fingerprint density at radius 2 is 1.65 bits per heavy atom. The number of carbonyl (C=O) groups excluding carboxylic acids is 1. The highest BCUT2D eigenvalue weighted by molar-refractivity contribution is 5.79. The number of hydrogen-bond acceptors (Lipinski definition) is 2. The molecule has 1 heterocycles. The molecule has 0 fully saturated rings. The lowest BCUT2D eigenvalue weighted by Crippen LogP contribution is -2.26. The van der Waals surface area contributed by atoms with Crippen molar-refractivity contribution < 1.29 is 4.79 Å². The van der Waals surface area contributed by atoms with E-state index in [1.165, 1.54) is 5.56 Å². The molecule has 1 aromatic heterocycles. The summed E-state index contributed by atoms with van der Waals surface area (Å²) >= 11 is 0. The summed E-state index contributed by atoms with van der Waals surface area (Å²) in [6, 6.07) is 20.4. The molecule has 3 rings (SSSR count). The first-order chi connectivity index (χ1) is 12.6. The van der Waals surface area contributed by atoms with Crippen molar-refractivity contribution in [2.24, 2.45) is 0 Å². The van der Waals surface area contributed by atoms with E-state index in [1.807, 2.05) is 67.1 Å². The number of aromatic nitrogens is 2. The van der Waals surface area contributed by atoms with Gasteiger partial charge in [0.25, 0.3) is 0 Å². The van der Waals surface area contributed by atoms with Crippen LogP contribution >= 0.6 is 0 Å². The number of rotatable bonds is 7. The van der Waals surface area contributed by atoms with Gasteiger partial charge in [0.2, 0.25) is 5.91 Å². The Hall–Kier alpha value is -2.88. The minimum Gasteiger partial charge on any atom is -0.356 e. The first kappa shape index (κ1) is 17.9. The molecule has 0 atom stereocenters. The van der Waals surface area contributed by atoms with Crippen LogP contribution in [0.3, 0.4) is 0 Å². The maximum absolute atomic E-state index is 12.3. The van der Waals surface area contributed by atoms with Crippen LogP contribution in [0.4, 0.5) is 0 Å². The SMILES string of the molecule is Cc1nn(-c2ccccc2)c(C)c1CC(=O)NCCCc1ccccc1. The Labute approximate surface area is 154 Å². The third-order valence-electron chi connectivity index (χ3n) is 4.59. The number of nitrogens with one attached hydrogen (secondary N) is 1. The van der Waals surface area contributed by atoms with Gasteiger partial charge in [-0.1, -0.05) is 48.5 Å². The fourth-order valence-electron chi connectivity index (χ4n) is 3.14. The Bertz CT molecular complexity index is 854. The molecule has 0 saturated heterocycles. The molecule has 1 amide bonds. The van der Waals surface area contributed by atoms with Crippen LogP contribution in [-0.4, -0.2) is 22.2 Å². The van der Waals surface area contributed by atoms with Gasteiger partial charge in [-0.15, -0.1) is 0 Å². The summed E-state index contributed by atoms with van der Waals surface area (Å²) < 4.78 is 1.91. The van der Waals surface area contributed by atoms with Gasteiger partial charge < -0.3 is 5.32 Å². The minimum absolute atomic E-state index is 0.0527. The van der Waals surface area contributed by atoms with Crippen molar-refractivity contribution in [3.05, 3.63) is 83.2 Å². The molecule has 26 heavy (non-hydrogen) atoms. The maximum atomic E-state index is 12.3. The van der Waals surface area contributed by atoms with Gasteiger partial charge >= 0.3 is 0 Å². The van der Waals surface area contributed by atoms with Crippen LogP contribution in [-0.2, 0) is 17.6 Å². The van der Waals surface area contributed by atoms with Crippen LogP contribution in [0.15, 0.2) is 60.7 Å². The van der Waals surface area contributed by atoms with Gasteiger partial charge in [-0.05, 0) is 44.4 Å². The third kappa shape index (κ3) is 4.39.